The van der Waals surface area contributed by atoms with Crippen LogP contribution in [0.3, 0.4) is 0 Å². The third-order valence-electron chi connectivity index (χ3n) is 3.67. The first kappa shape index (κ1) is 16.2. The SMILES string of the molecule is CCNC(=NCC(C)(C)OC)NCC1CCCC1O. The van der Waals surface area contributed by atoms with Gasteiger partial charge in [-0.1, -0.05) is 6.42 Å². The predicted octanol–water partition coefficient (Wildman–Crippen LogP) is 1.13. The Bertz CT molecular complexity index is 292. The molecule has 112 valence electrons. The minimum atomic E-state index is -0.255. The zero-order valence-corrected chi connectivity index (χ0v) is 12.7. The van der Waals surface area contributed by atoms with Crippen LogP contribution in [0.2, 0.25) is 0 Å². The van der Waals surface area contributed by atoms with Gasteiger partial charge in [-0.3, -0.25) is 4.99 Å². The van der Waals surface area contributed by atoms with Crippen molar-refractivity contribution < 1.29 is 9.84 Å². The summed E-state index contributed by atoms with van der Waals surface area (Å²) >= 11 is 0. The number of hydrogen-bond donors (Lipinski definition) is 3. The molecule has 0 aromatic heterocycles. The first-order chi connectivity index (χ1) is 8.98. The third kappa shape index (κ3) is 5.78. The van der Waals surface area contributed by atoms with E-state index in [0.717, 1.165) is 38.3 Å². The average Bonchev–Trinajstić information content (AvgIpc) is 2.78. The number of ether oxygens (including phenoxy) is 1. The summed E-state index contributed by atoms with van der Waals surface area (Å²) in [5.74, 6) is 1.14. The Morgan fingerprint density at radius 1 is 1.37 bits per heavy atom. The molecule has 5 nitrogen and oxygen atoms in total. The van der Waals surface area contributed by atoms with Crippen molar-refractivity contribution in [3.05, 3.63) is 0 Å². The summed E-state index contributed by atoms with van der Waals surface area (Å²) in [4.78, 5) is 4.53. The number of nitrogens with one attached hydrogen (secondary N) is 2. The van der Waals surface area contributed by atoms with Gasteiger partial charge in [-0.25, -0.2) is 0 Å². The maximum atomic E-state index is 9.81. The van der Waals surface area contributed by atoms with E-state index in [9.17, 15) is 5.11 Å². The fraction of sp³-hybridized carbons (Fsp3) is 0.929. The summed E-state index contributed by atoms with van der Waals surface area (Å²) in [6.07, 6.45) is 2.98. The molecule has 1 aliphatic rings. The maximum Gasteiger partial charge on any atom is 0.191 e. The van der Waals surface area contributed by atoms with E-state index >= 15 is 0 Å². The zero-order chi connectivity index (χ0) is 14.3. The number of rotatable bonds is 6. The van der Waals surface area contributed by atoms with Gasteiger partial charge in [0.25, 0.3) is 0 Å². The molecule has 3 N–H and O–H groups in total. The highest BCUT2D eigenvalue weighted by Gasteiger charge is 2.25. The second-order valence-electron chi connectivity index (χ2n) is 5.80. The molecule has 2 atom stereocenters. The van der Waals surface area contributed by atoms with Crippen LogP contribution in [0.5, 0.6) is 0 Å². The Labute approximate surface area is 116 Å². The Kier molecular flexibility index (Phi) is 6.58. The lowest BCUT2D eigenvalue weighted by Crippen LogP contribution is -2.42. The predicted molar refractivity (Wildman–Crippen MR) is 78.4 cm³/mol. The molecular formula is C14H29N3O2. The molecule has 0 bridgehead atoms. The van der Waals surface area contributed by atoms with Gasteiger partial charge in [0, 0.05) is 26.1 Å². The fourth-order valence-corrected chi connectivity index (χ4v) is 2.16. The minimum Gasteiger partial charge on any atom is -0.393 e. The van der Waals surface area contributed by atoms with Crippen LogP contribution >= 0.6 is 0 Å². The Hall–Kier alpha value is -0.810. The van der Waals surface area contributed by atoms with E-state index in [-0.39, 0.29) is 11.7 Å². The van der Waals surface area contributed by atoms with Gasteiger partial charge < -0.3 is 20.5 Å². The van der Waals surface area contributed by atoms with Gasteiger partial charge in [-0.2, -0.15) is 0 Å². The highest BCUT2D eigenvalue weighted by Crippen LogP contribution is 2.24. The normalized spacial score (nSPS) is 24.6. The fourth-order valence-electron chi connectivity index (χ4n) is 2.16. The Morgan fingerprint density at radius 2 is 2.11 bits per heavy atom. The van der Waals surface area contributed by atoms with Crippen LogP contribution in [0, 0.1) is 5.92 Å². The van der Waals surface area contributed by atoms with E-state index in [2.05, 4.69) is 15.6 Å². The van der Waals surface area contributed by atoms with Crippen LogP contribution in [-0.4, -0.2) is 49.5 Å². The van der Waals surface area contributed by atoms with Crippen molar-refractivity contribution in [3.63, 3.8) is 0 Å². The highest BCUT2D eigenvalue weighted by atomic mass is 16.5. The molecule has 19 heavy (non-hydrogen) atoms. The lowest BCUT2D eigenvalue weighted by Gasteiger charge is -2.22. The van der Waals surface area contributed by atoms with Crippen molar-refractivity contribution in [2.24, 2.45) is 10.9 Å². The van der Waals surface area contributed by atoms with E-state index in [1.807, 2.05) is 20.8 Å². The summed E-state index contributed by atoms with van der Waals surface area (Å²) in [7, 11) is 1.70. The highest BCUT2D eigenvalue weighted by molar-refractivity contribution is 5.79. The molecule has 0 aliphatic heterocycles. The van der Waals surface area contributed by atoms with Crippen LogP contribution in [0.4, 0.5) is 0 Å². The number of nitrogens with zero attached hydrogens (tertiary/aromatic N) is 1. The molecular weight excluding hydrogens is 242 g/mol. The van der Waals surface area contributed by atoms with E-state index in [0.29, 0.717) is 12.5 Å². The van der Waals surface area contributed by atoms with Gasteiger partial charge >= 0.3 is 0 Å². The molecule has 2 unspecified atom stereocenters. The zero-order valence-electron chi connectivity index (χ0n) is 12.7. The van der Waals surface area contributed by atoms with E-state index in [1.54, 1.807) is 7.11 Å². The van der Waals surface area contributed by atoms with Gasteiger partial charge in [0.2, 0.25) is 0 Å². The van der Waals surface area contributed by atoms with Gasteiger partial charge in [-0.15, -0.1) is 0 Å². The monoisotopic (exact) mass is 271 g/mol. The van der Waals surface area contributed by atoms with Crippen molar-refractivity contribution in [3.8, 4) is 0 Å². The lowest BCUT2D eigenvalue weighted by molar-refractivity contribution is 0.0310. The molecule has 0 heterocycles. The topological polar surface area (TPSA) is 65.9 Å². The molecule has 1 rings (SSSR count). The largest absolute Gasteiger partial charge is 0.393 e. The quantitative estimate of drug-likeness (QED) is 0.500. The van der Waals surface area contributed by atoms with E-state index in [1.165, 1.54) is 0 Å². The van der Waals surface area contributed by atoms with Crippen molar-refractivity contribution >= 4 is 5.96 Å². The van der Waals surface area contributed by atoms with Gasteiger partial charge in [0.15, 0.2) is 5.96 Å². The number of aliphatic hydroxyl groups excluding tert-OH is 1. The number of hydrogen-bond acceptors (Lipinski definition) is 3. The Balaban J connectivity index is 2.45. The summed E-state index contributed by atoms with van der Waals surface area (Å²) in [6, 6.07) is 0. The maximum absolute atomic E-state index is 9.81. The van der Waals surface area contributed by atoms with Crippen molar-refractivity contribution in [2.75, 3.05) is 26.7 Å². The lowest BCUT2D eigenvalue weighted by atomic mass is 10.1. The van der Waals surface area contributed by atoms with Gasteiger partial charge in [0.05, 0.1) is 18.2 Å². The van der Waals surface area contributed by atoms with Crippen molar-refractivity contribution in [2.45, 2.75) is 51.7 Å². The van der Waals surface area contributed by atoms with Crippen molar-refractivity contribution in [1.29, 1.82) is 0 Å². The molecule has 5 heteroatoms. The first-order valence-electron chi connectivity index (χ1n) is 7.24. The second-order valence-corrected chi connectivity index (χ2v) is 5.80. The van der Waals surface area contributed by atoms with Crippen LogP contribution < -0.4 is 10.6 Å². The van der Waals surface area contributed by atoms with Crippen LogP contribution in [0.1, 0.15) is 40.0 Å². The summed E-state index contributed by atoms with van der Waals surface area (Å²) < 4.78 is 5.36. The first-order valence-corrected chi connectivity index (χ1v) is 7.24. The molecule has 0 aromatic rings. The average molecular weight is 271 g/mol. The minimum absolute atomic E-state index is 0.161. The summed E-state index contributed by atoms with van der Waals surface area (Å²) in [6.45, 7) is 8.28. The van der Waals surface area contributed by atoms with Crippen molar-refractivity contribution in [1.82, 2.24) is 10.6 Å². The number of methoxy groups -OCH3 is 1. The van der Waals surface area contributed by atoms with E-state index < -0.39 is 0 Å². The number of aliphatic imine (C=N–C) groups is 1. The van der Waals surface area contributed by atoms with Crippen LogP contribution in [0.15, 0.2) is 4.99 Å². The van der Waals surface area contributed by atoms with Gasteiger partial charge in [-0.05, 0) is 33.6 Å². The second kappa shape index (κ2) is 7.70. The third-order valence-corrected chi connectivity index (χ3v) is 3.67. The molecule has 1 saturated carbocycles. The van der Waals surface area contributed by atoms with Crippen LogP contribution in [0.25, 0.3) is 0 Å². The number of guanidine groups is 1. The molecule has 0 saturated heterocycles. The molecule has 0 radical (unpaired) electrons. The van der Waals surface area contributed by atoms with Gasteiger partial charge in [0.1, 0.15) is 0 Å². The number of aliphatic hydroxyl groups is 1. The Morgan fingerprint density at radius 3 is 2.63 bits per heavy atom. The molecule has 0 amide bonds. The summed E-state index contributed by atoms with van der Waals surface area (Å²) in [5.41, 5.74) is -0.255. The smallest absolute Gasteiger partial charge is 0.191 e. The van der Waals surface area contributed by atoms with Crippen LogP contribution in [-0.2, 0) is 4.74 Å². The van der Waals surface area contributed by atoms with E-state index in [4.69, 9.17) is 4.74 Å². The standard InChI is InChI=1S/C14H29N3O2/c1-5-15-13(17-10-14(2,3)19-4)16-9-11-7-6-8-12(11)18/h11-12,18H,5-10H2,1-4H3,(H2,15,16,17). The molecule has 0 aromatic carbocycles. The molecule has 1 aliphatic carbocycles. The molecule has 0 spiro atoms. The molecule has 1 fully saturated rings. The summed E-state index contributed by atoms with van der Waals surface area (Å²) in [5, 5.41) is 16.3.